The molecule has 22 heavy (non-hydrogen) atoms. The lowest BCUT2D eigenvalue weighted by Gasteiger charge is -2.40. The van der Waals surface area contributed by atoms with Gasteiger partial charge in [-0.25, -0.2) is 0 Å². The molecule has 2 heterocycles. The number of methoxy groups -OCH3 is 1. The van der Waals surface area contributed by atoms with Crippen LogP contribution in [0.4, 0.5) is 0 Å². The van der Waals surface area contributed by atoms with Gasteiger partial charge in [0.15, 0.2) is 0 Å². The first kappa shape index (κ1) is 17.7. The highest BCUT2D eigenvalue weighted by Gasteiger charge is 2.29. The van der Waals surface area contributed by atoms with Crippen LogP contribution in [0, 0.1) is 11.8 Å². The molecular weight excluding hydrogens is 278 g/mol. The maximum atomic E-state index is 12.6. The molecule has 0 aromatic heterocycles. The summed E-state index contributed by atoms with van der Waals surface area (Å²) in [6, 6.07) is 0.432. The molecule has 128 valence electrons. The normalized spacial score (nSPS) is 26.1. The number of ether oxygens (including phenoxy) is 1. The van der Waals surface area contributed by atoms with E-state index in [-0.39, 0.29) is 0 Å². The van der Waals surface area contributed by atoms with Gasteiger partial charge in [0, 0.05) is 45.8 Å². The highest BCUT2D eigenvalue weighted by atomic mass is 16.5. The summed E-state index contributed by atoms with van der Waals surface area (Å²) in [5, 5.41) is 3.40. The lowest BCUT2D eigenvalue weighted by atomic mass is 9.84. The standard InChI is InChI=1S/C17H33N3O2/c1-14(16-4-6-18-7-5-16)12-17(21)20-9-8-19(10-11-22-3)15(2)13-20/h14-16,18H,4-13H2,1-3H3. The Morgan fingerprint density at radius 2 is 2.05 bits per heavy atom. The van der Waals surface area contributed by atoms with Gasteiger partial charge >= 0.3 is 0 Å². The number of piperidine rings is 1. The zero-order valence-electron chi connectivity index (χ0n) is 14.5. The van der Waals surface area contributed by atoms with Gasteiger partial charge in [-0.15, -0.1) is 0 Å². The SMILES string of the molecule is COCCN1CCN(C(=O)CC(C)C2CCNCC2)CC1C. The third-order valence-electron chi connectivity index (χ3n) is 5.39. The Labute approximate surface area is 135 Å². The van der Waals surface area contributed by atoms with Gasteiger partial charge in [0.1, 0.15) is 0 Å². The number of carbonyl (C=O) groups is 1. The first-order chi connectivity index (χ1) is 10.6. The predicted molar refractivity (Wildman–Crippen MR) is 88.9 cm³/mol. The van der Waals surface area contributed by atoms with E-state index in [1.165, 1.54) is 12.8 Å². The van der Waals surface area contributed by atoms with E-state index in [0.29, 0.717) is 23.8 Å². The van der Waals surface area contributed by atoms with E-state index < -0.39 is 0 Å². The minimum Gasteiger partial charge on any atom is -0.383 e. The number of nitrogens with zero attached hydrogens (tertiary/aromatic N) is 2. The monoisotopic (exact) mass is 311 g/mol. The zero-order valence-corrected chi connectivity index (χ0v) is 14.5. The molecule has 0 bridgehead atoms. The summed E-state index contributed by atoms with van der Waals surface area (Å²) in [4.78, 5) is 17.1. The van der Waals surface area contributed by atoms with Gasteiger partial charge in [-0.3, -0.25) is 9.69 Å². The number of piperazine rings is 1. The van der Waals surface area contributed by atoms with Crippen molar-refractivity contribution in [3.8, 4) is 0 Å². The molecule has 2 aliphatic rings. The Balaban J connectivity index is 1.76. The average Bonchev–Trinajstić information content (AvgIpc) is 2.54. The molecule has 0 radical (unpaired) electrons. The van der Waals surface area contributed by atoms with Crippen molar-refractivity contribution in [1.82, 2.24) is 15.1 Å². The van der Waals surface area contributed by atoms with Crippen molar-refractivity contribution in [1.29, 1.82) is 0 Å². The van der Waals surface area contributed by atoms with Gasteiger partial charge in [0.05, 0.1) is 6.61 Å². The topological polar surface area (TPSA) is 44.8 Å². The van der Waals surface area contributed by atoms with Crippen molar-refractivity contribution >= 4 is 5.91 Å². The number of hydrogen-bond acceptors (Lipinski definition) is 4. The summed E-state index contributed by atoms with van der Waals surface area (Å²) >= 11 is 0. The van der Waals surface area contributed by atoms with E-state index in [0.717, 1.165) is 52.3 Å². The Kier molecular flexibility index (Phi) is 7.12. The van der Waals surface area contributed by atoms with Crippen LogP contribution in [-0.4, -0.2) is 74.7 Å². The fourth-order valence-corrected chi connectivity index (χ4v) is 3.75. The molecule has 0 aromatic carbocycles. The Morgan fingerprint density at radius 3 is 2.68 bits per heavy atom. The van der Waals surface area contributed by atoms with Gasteiger partial charge < -0.3 is 15.0 Å². The second kappa shape index (κ2) is 8.85. The van der Waals surface area contributed by atoms with Crippen LogP contribution >= 0.6 is 0 Å². The molecular formula is C17H33N3O2. The van der Waals surface area contributed by atoms with Gasteiger partial charge in [-0.05, 0) is 44.7 Å². The maximum absolute atomic E-state index is 12.6. The third kappa shape index (κ3) is 4.93. The van der Waals surface area contributed by atoms with E-state index in [1.807, 2.05) is 0 Å². The largest absolute Gasteiger partial charge is 0.383 e. The van der Waals surface area contributed by atoms with Crippen molar-refractivity contribution in [2.75, 3.05) is 53.0 Å². The lowest BCUT2D eigenvalue weighted by molar-refractivity contribution is -0.135. The molecule has 0 saturated carbocycles. The molecule has 2 unspecified atom stereocenters. The molecule has 0 spiro atoms. The number of amides is 1. The van der Waals surface area contributed by atoms with E-state index in [4.69, 9.17) is 4.74 Å². The first-order valence-electron chi connectivity index (χ1n) is 8.83. The predicted octanol–water partition coefficient (Wildman–Crippen LogP) is 1.19. The van der Waals surface area contributed by atoms with E-state index in [9.17, 15) is 4.79 Å². The second-order valence-electron chi connectivity index (χ2n) is 6.99. The molecule has 5 nitrogen and oxygen atoms in total. The molecule has 1 amide bonds. The smallest absolute Gasteiger partial charge is 0.222 e. The number of carbonyl (C=O) groups excluding carboxylic acids is 1. The van der Waals surface area contributed by atoms with Crippen molar-refractivity contribution in [3.05, 3.63) is 0 Å². The molecule has 5 heteroatoms. The van der Waals surface area contributed by atoms with Crippen LogP contribution in [0.2, 0.25) is 0 Å². The van der Waals surface area contributed by atoms with E-state index >= 15 is 0 Å². The van der Waals surface area contributed by atoms with Crippen molar-refractivity contribution < 1.29 is 9.53 Å². The van der Waals surface area contributed by atoms with Crippen LogP contribution in [0.5, 0.6) is 0 Å². The Hall–Kier alpha value is -0.650. The molecule has 1 N–H and O–H groups in total. The molecule has 0 aromatic rings. The summed E-state index contributed by atoms with van der Waals surface area (Å²) < 4.78 is 5.16. The summed E-state index contributed by atoms with van der Waals surface area (Å²) in [5.41, 5.74) is 0. The highest BCUT2D eigenvalue weighted by Crippen LogP contribution is 2.25. The van der Waals surface area contributed by atoms with Crippen molar-refractivity contribution in [2.45, 2.75) is 39.2 Å². The molecule has 2 saturated heterocycles. The summed E-state index contributed by atoms with van der Waals surface area (Å²) in [6.07, 6.45) is 3.15. The van der Waals surface area contributed by atoms with Gasteiger partial charge in [0.25, 0.3) is 0 Å². The minimum absolute atomic E-state index is 0.351. The number of hydrogen-bond donors (Lipinski definition) is 1. The van der Waals surface area contributed by atoms with E-state index in [2.05, 4.69) is 29.0 Å². The molecule has 0 aliphatic carbocycles. The molecule has 2 atom stereocenters. The Morgan fingerprint density at radius 1 is 1.32 bits per heavy atom. The summed E-state index contributed by atoms with van der Waals surface area (Å²) in [6.45, 7) is 11.1. The van der Waals surface area contributed by atoms with Crippen LogP contribution in [0.3, 0.4) is 0 Å². The molecule has 2 fully saturated rings. The second-order valence-corrected chi connectivity index (χ2v) is 6.99. The van der Waals surface area contributed by atoms with E-state index in [1.54, 1.807) is 7.11 Å². The lowest BCUT2D eigenvalue weighted by Crippen LogP contribution is -2.54. The highest BCUT2D eigenvalue weighted by molar-refractivity contribution is 5.76. The number of nitrogens with one attached hydrogen (secondary N) is 1. The van der Waals surface area contributed by atoms with Crippen LogP contribution in [0.25, 0.3) is 0 Å². The first-order valence-corrected chi connectivity index (χ1v) is 8.83. The van der Waals surface area contributed by atoms with Crippen molar-refractivity contribution in [2.24, 2.45) is 11.8 Å². The zero-order chi connectivity index (χ0) is 15.9. The quantitative estimate of drug-likeness (QED) is 0.800. The van der Waals surface area contributed by atoms with Gasteiger partial charge in [0.2, 0.25) is 5.91 Å². The molecule has 2 aliphatic heterocycles. The van der Waals surface area contributed by atoms with Crippen LogP contribution in [0.1, 0.15) is 33.1 Å². The van der Waals surface area contributed by atoms with Crippen LogP contribution in [0.15, 0.2) is 0 Å². The molecule has 2 rings (SSSR count). The fourth-order valence-electron chi connectivity index (χ4n) is 3.75. The summed E-state index contributed by atoms with van der Waals surface area (Å²) in [7, 11) is 1.74. The number of rotatable bonds is 6. The summed E-state index contributed by atoms with van der Waals surface area (Å²) in [5.74, 6) is 1.58. The van der Waals surface area contributed by atoms with Crippen LogP contribution in [-0.2, 0) is 9.53 Å². The maximum Gasteiger partial charge on any atom is 0.222 e. The minimum atomic E-state index is 0.351. The van der Waals surface area contributed by atoms with Gasteiger partial charge in [-0.2, -0.15) is 0 Å². The third-order valence-corrected chi connectivity index (χ3v) is 5.39. The van der Waals surface area contributed by atoms with Crippen LogP contribution < -0.4 is 5.32 Å². The van der Waals surface area contributed by atoms with Gasteiger partial charge in [-0.1, -0.05) is 6.92 Å². The van der Waals surface area contributed by atoms with Crippen molar-refractivity contribution in [3.63, 3.8) is 0 Å². The Bertz CT molecular complexity index is 345. The fraction of sp³-hybridized carbons (Fsp3) is 0.941. The average molecular weight is 311 g/mol.